The van der Waals surface area contributed by atoms with Crippen molar-refractivity contribution < 1.29 is 18.0 Å². The molecule has 2 atom stereocenters. The van der Waals surface area contributed by atoms with Crippen molar-refractivity contribution in [2.24, 2.45) is 5.92 Å². The molecule has 0 aliphatic carbocycles. The first-order valence-electron chi connectivity index (χ1n) is 11.7. The lowest BCUT2D eigenvalue weighted by Gasteiger charge is -2.32. The summed E-state index contributed by atoms with van der Waals surface area (Å²) in [5, 5.41) is 6.51. The van der Waals surface area contributed by atoms with Crippen molar-refractivity contribution in [3.05, 3.63) is 77.1 Å². The second-order valence-electron chi connectivity index (χ2n) is 8.71. The first-order chi connectivity index (χ1) is 17.3. The number of nitrogens with zero attached hydrogens (tertiary/aromatic N) is 2. The fourth-order valence-electron chi connectivity index (χ4n) is 4.28. The lowest BCUT2D eigenvalue weighted by molar-refractivity contribution is -0.137. The number of alkyl halides is 3. The molecule has 3 aromatic rings. The molecule has 36 heavy (non-hydrogen) atoms. The van der Waals surface area contributed by atoms with Crippen LogP contribution in [0.4, 0.5) is 13.2 Å². The van der Waals surface area contributed by atoms with Gasteiger partial charge < -0.3 is 10.6 Å². The van der Waals surface area contributed by atoms with Crippen molar-refractivity contribution in [2.45, 2.75) is 36.6 Å². The summed E-state index contributed by atoms with van der Waals surface area (Å²) in [5.41, 5.74) is 1.51. The van der Waals surface area contributed by atoms with Gasteiger partial charge in [-0.3, -0.25) is 4.79 Å². The number of halogens is 4. The zero-order valence-corrected chi connectivity index (χ0v) is 21.0. The monoisotopic (exact) mass is 534 g/mol. The average Bonchev–Trinajstić information content (AvgIpc) is 2.89. The summed E-state index contributed by atoms with van der Waals surface area (Å²) in [6.45, 7) is 1.59. The molecule has 1 fully saturated rings. The Bertz CT molecular complexity index is 1160. The molecule has 1 aromatic heterocycles. The summed E-state index contributed by atoms with van der Waals surface area (Å²) in [4.78, 5) is 21.5. The molecule has 5 nitrogen and oxygen atoms in total. The van der Waals surface area contributed by atoms with Gasteiger partial charge >= 0.3 is 6.18 Å². The molecule has 2 aromatic carbocycles. The van der Waals surface area contributed by atoms with Gasteiger partial charge in [-0.25, -0.2) is 9.97 Å². The van der Waals surface area contributed by atoms with Gasteiger partial charge in [0.05, 0.1) is 16.3 Å². The topological polar surface area (TPSA) is 66.9 Å². The van der Waals surface area contributed by atoms with Crippen molar-refractivity contribution >= 4 is 29.3 Å². The predicted molar refractivity (Wildman–Crippen MR) is 136 cm³/mol. The highest BCUT2D eigenvalue weighted by atomic mass is 35.5. The number of nitrogens with one attached hydrogen (secondary N) is 2. The number of hydrogen-bond donors (Lipinski definition) is 2. The minimum absolute atomic E-state index is 0.107. The summed E-state index contributed by atoms with van der Waals surface area (Å²) >= 11 is 7.00. The Morgan fingerprint density at radius 1 is 1.14 bits per heavy atom. The molecule has 0 saturated carbocycles. The highest BCUT2D eigenvalue weighted by Crippen LogP contribution is 2.35. The maximum Gasteiger partial charge on any atom is 0.417 e. The van der Waals surface area contributed by atoms with Gasteiger partial charge in [0, 0.05) is 24.0 Å². The molecular weight excluding hydrogens is 509 g/mol. The third-order valence-corrected chi connectivity index (χ3v) is 7.31. The van der Waals surface area contributed by atoms with Crippen LogP contribution in [0.5, 0.6) is 0 Å². The van der Waals surface area contributed by atoms with Gasteiger partial charge in [-0.15, -0.1) is 0 Å². The molecule has 0 spiro atoms. The molecule has 1 aliphatic heterocycles. The standard InChI is InChI=1S/C26H26ClF3N4OS/c27-22-9-8-17(11-21(22)26(28,29)30)12-23(19-7-4-10-31-13-19)34-24(35)16-36-25-32-14-20(15-33-25)18-5-2-1-3-6-18/h1-3,5-6,8-9,11,14-15,19,23,31H,4,7,10,12-13,16H2,(H,34,35). The second-order valence-corrected chi connectivity index (χ2v) is 10.1. The molecule has 0 bridgehead atoms. The van der Waals surface area contributed by atoms with E-state index >= 15 is 0 Å². The molecule has 2 unspecified atom stereocenters. The first-order valence-corrected chi connectivity index (χ1v) is 13.0. The van der Waals surface area contributed by atoms with Crippen LogP contribution in [0.1, 0.15) is 24.0 Å². The SMILES string of the molecule is O=C(CSc1ncc(-c2ccccc2)cn1)NC(Cc1ccc(Cl)c(C(F)(F)F)c1)C1CCCNC1. The van der Waals surface area contributed by atoms with Crippen molar-refractivity contribution in [3.8, 4) is 11.1 Å². The fourth-order valence-corrected chi connectivity index (χ4v) is 5.10. The van der Waals surface area contributed by atoms with E-state index in [2.05, 4.69) is 20.6 Å². The van der Waals surface area contributed by atoms with Gasteiger partial charge in [0.15, 0.2) is 5.16 Å². The minimum atomic E-state index is -4.54. The molecule has 1 amide bonds. The number of carbonyl (C=O) groups is 1. The molecule has 1 aliphatic rings. The van der Waals surface area contributed by atoms with Crippen LogP contribution in [-0.4, -0.2) is 40.8 Å². The molecule has 190 valence electrons. The quantitative estimate of drug-likeness (QED) is 0.289. The first kappa shape index (κ1) is 26.4. The summed E-state index contributed by atoms with van der Waals surface area (Å²) in [5.74, 6) is 0.00545. The summed E-state index contributed by atoms with van der Waals surface area (Å²) in [6, 6.07) is 13.4. The lowest BCUT2D eigenvalue weighted by atomic mass is 9.87. The number of piperidine rings is 1. The fraction of sp³-hybridized carbons (Fsp3) is 0.346. The Morgan fingerprint density at radius 3 is 2.56 bits per heavy atom. The predicted octanol–water partition coefficient (Wildman–Crippen LogP) is 5.64. The van der Waals surface area contributed by atoms with Crippen LogP contribution < -0.4 is 10.6 Å². The van der Waals surface area contributed by atoms with Crippen LogP contribution in [0.2, 0.25) is 5.02 Å². The second kappa shape index (κ2) is 12.1. The van der Waals surface area contributed by atoms with Crippen LogP contribution in [0.3, 0.4) is 0 Å². The molecule has 1 saturated heterocycles. The molecule has 10 heteroatoms. The lowest BCUT2D eigenvalue weighted by Crippen LogP contribution is -2.48. The minimum Gasteiger partial charge on any atom is -0.352 e. The molecular formula is C26H26ClF3N4OS. The van der Waals surface area contributed by atoms with Gasteiger partial charge in [-0.05, 0) is 61.5 Å². The number of carbonyl (C=O) groups excluding carboxylic acids is 1. The third-order valence-electron chi connectivity index (χ3n) is 6.11. The van der Waals surface area contributed by atoms with E-state index in [0.717, 1.165) is 36.6 Å². The zero-order chi connectivity index (χ0) is 25.5. The van der Waals surface area contributed by atoms with Crippen molar-refractivity contribution in [1.29, 1.82) is 0 Å². The van der Waals surface area contributed by atoms with E-state index in [9.17, 15) is 18.0 Å². The van der Waals surface area contributed by atoms with Gasteiger partial charge in [-0.1, -0.05) is 59.8 Å². The number of benzene rings is 2. The molecule has 2 N–H and O–H groups in total. The van der Waals surface area contributed by atoms with E-state index in [1.54, 1.807) is 18.5 Å². The molecule has 2 heterocycles. The summed E-state index contributed by atoms with van der Waals surface area (Å²) in [6.07, 6.45) is 1.02. The average molecular weight is 535 g/mol. The van der Waals surface area contributed by atoms with Crippen LogP contribution in [0.15, 0.2) is 66.1 Å². The Hall–Kier alpha value is -2.62. The van der Waals surface area contributed by atoms with E-state index in [-0.39, 0.29) is 35.1 Å². The number of thioether (sulfide) groups is 1. The zero-order valence-electron chi connectivity index (χ0n) is 19.4. The number of hydrogen-bond acceptors (Lipinski definition) is 5. The Morgan fingerprint density at radius 2 is 1.89 bits per heavy atom. The van der Waals surface area contributed by atoms with Gasteiger partial charge in [0.25, 0.3) is 0 Å². The summed E-state index contributed by atoms with van der Waals surface area (Å²) in [7, 11) is 0. The van der Waals surface area contributed by atoms with Gasteiger partial charge in [0.1, 0.15) is 0 Å². The van der Waals surface area contributed by atoms with E-state index in [0.29, 0.717) is 17.3 Å². The third kappa shape index (κ3) is 7.21. The largest absolute Gasteiger partial charge is 0.417 e. The van der Waals surface area contributed by atoms with Crippen LogP contribution in [-0.2, 0) is 17.4 Å². The van der Waals surface area contributed by atoms with Crippen LogP contribution >= 0.6 is 23.4 Å². The summed E-state index contributed by atoms with van der Waals surface area (Å²) < 4.78 is 40.0. The molecule has 4 rings (SSSR count). The van der Waals surface area contributed by atoms with Crippen molar-refractivity contribution in [1.82, 2.24) is 20.6 Å². The number of aromatic nitrogens is 2. The Kier molecular flexibility index (Phi) is 8.87. The van der Waals surface area contributed by atoms with Crippen molar-refractivity contribution in [2.75, 3.05) is 18.8 Å². The number of amides is 1. The van der Waals surface area contributed by atoms with Gasteiger partial charge in [0.2, 0.25) is 5.91 Å². The normalized spacial score (nSPS) is 16.9. The van der Waals surface area contributed by atoms with E-state index < -0.39 is 11.7 Å². The van der Waals surface area contributed by atoms with E-state index in [1.165, 1.54) is 17.8 Å². The maximum atomic E-state index is 13.3. The van der Waals surface area contributed by atoms with Crippen molar-refractivity contribution in [3.63, 3.8) is 0 Å². The van der Waals surface area contributed by atoms with Crippen LogP contribution in [0.25, 0.3) is 11.1 Å². The Balaban J connectivity index is 1.40. The van der Waals surface area contributed by atoms with Gasteiger partial charge in [-0.2, -0.15) is 13.2 Å². The van der Waals surface area contributed by atoms with Crippen LogP contribution in [0, 0.1) is 5.92 Å². The number of rotatable bonds is 8. The Labute approximate surface area is 217 Å². The smallest absolute Gasteiger partial charge is 0.352 e. The van der Waals surface area contributed by atoms with E-state index in [4.69, 9.17) is 11.6 Å². The highest BCUT2D eigenvalue weighted by molar-refractivity contribution is 7.99. The van der Waals surface area contributed by atoms with E-state index in [1.807, 2.05) is 30.3 Å². The molecule has 0 radical (unpaired) electrons. The maximum absolute atomic E-state index is 13.3. The highest BCUT2D eigenvalue weighted by Gasteiger charge is 2.34.